The minimum Gasteiger partial charge on any atom is -0.494 e. The molecule has 0 atom stereocenters. The molecule has 134 valence electrons. The molecule has 0 amide bonds. The van der Waals surface area contributed by atoms with Gasteiger partial charge in [0, 0.05) is 6.54 Å². The van der Waals surface area contributed by atoms with Gasteiger partial charge in [-0.25, -0.2) is 0 Å². The summed E-state index contributed by atoms with van der Waals surface area (Å²) in [6, 6.07) is 20.2. The summed E-state index contributed by atoms with van der Waals surface area (Å²) in [5, 5.41) is 0. The van der Waals surface area contributed by atoms with Crippen molar-refractivity contribution in [2.24, 2.45) is 5.92 Å². The first-order chi connectivity index (χ1) is 12.4. The van der Waals surface area contributed by atoms with E-state index in [1.54, 1.807) is 0 Å². The van der Waals surface area contributed by atoms with E-state index in [0.717, 1.165) is 43.6 Å². The smallest absolute Gasteiger partial charge is 0.119 e. The van der Waals surface area contributed by atoms with Gasteiger partial charge < -0.3 is 14.4 Å². The van der Waals surface area contributed by atoms with Crippen LogP contribution < -0.4 is 9.47 Å². The van der Waals surface area contributed by atoms with E-state index < -0.39 is 0 Å². The van der Waals surface area contributed by atoms with Crippen LogP contribution in [0.15, 0.2) is 60.7 Å². The van der Waals surface area contributed by atoms with E-state index in [2.05, 4.69) is 4.90 Å². The zero-order valence-electron chi connectivity index (χ0n) is 15.0. The minimum absolute atomic E-state index is 0.800. The highest BCUT2D eigenvalue weighted by Gasteiger charge is 2.18. The van der Waals surface area contributed by atoms with Gasteiger partial charge in [0.15, 0.2) is 0 Å². The predicted molar refractivity (Wildman–Crippen MR) is 102 cm³/mol. The van der Waals surface area contributed by atoms with E-state index in [9.17, 15) is 0 Å². The monoisotopic (exact) mass is 339 g/mol. The number of ether oxygens (including phenoxy) is 2. The molecule has 0 bridgehead atoms. The largest absolute Gasteiger partial charge is 0.494 e. The standard InChI is InChI=1S/C22H29NO2/c1-3-8-21(9-4-1)24-18-7-15-23-16-12-20(13-17-23)14-19-25-22-10-5-2-6-11-22/h1-6,8-11,20H,7,12-19H2. The zero-order valence-corrected chi connectivity index (χ0v) is 15.0. The Labute approximate surface area is 151 Å². The summed E-state index contributed by atoms with van der Waals surface area (Å²) in [6.45, 7) is 5.19. The molecular weight excluding hydrogens is 310 g/mol. The van der Waals surface area contributed by atoms with Crippen molar-refractivity contribution in [3.63, 3.8) is 0 Å². The maximum Gasteiger partial charge on any atom is 0.119 e. The second-order valence-electron chi connectivity index (χ2n) is 6.75. The average molecular weight is 339 g/mol. The molecule has 3 rings (SSSR count). The van der Waals surface area contributed by atoms with Crippen LogP contribution in [0.3, 0.4) is 0 Å². The van der Waals surface area contributed by atoms with Crippen molar-refractivity contribution in [2.45, 2.75) is 25.7 Å². The summed E-state index contributed by atoms with van der Waals surface area (Å²) in [7, 11) is 0. The Balaban J connectivity index is 1.23. The topological polar surface area (TPSA) is 21.7 Å². The van der Waals surface area contributed by atoms with Crippen molar-refractivity contribution >= 4 is 0 Å². The first-order valence-corrected chi connectivity index (χ1v) is 9.48. The Morgan fingerprint density at radius 1 is 0.760 bits per heavy atom. The van der Waals surface area contributed by atoms with Crippen molar-refractivity contribution in [2.75, 3.05) is 32.8 Å². The van der Waals surface area contributed by atoms with Gasteiger partial charge in [-0.3, -0.25) is 0 Å². The van der Waals surface area contributed by atoms with Gasteiger partial charge in [0.25, 0.3) is 0 Å². The molecule has 2 aromatic rings. The van der Waals surface area contributed by atoms with Crippen LogP contribution in [0.4, 0.5) is 0 Å². The second kappa shape index (κ2) is 10.1. The molecule has 0 unspecified atom stereocenters. The van der Waals surface area contributed by atoms with Gasteiger partial charge in [-0.05, 0) is 69.0 Å². The summed E-state index contributed by atoms with van der Waals surface area (Å²) in [5.74, 6) is 2.76. The SMILES string of the molecule is c1ccc(OCCCN2CCC(CCOc3ccccc3)CC2)cc1. The average Bonchev–Trinajstić information content (AvgIpc) is 2.68. The van der Waals surface area contributed by atoms with Gasteiger partial charge in [-0.15, -0.1) is 0 Å². The van der Waals surface area contributed by atoms with Gasteiger partial charge in [0.2, 0.25) is 0 Å². The summed E-state index contributed by atoms with van der Waals surface area (Å²) in [4.78, 5) is 2.57. The minimum atomic E-state index is 0.800. The Morgan fingerprint density at radius 3 is 1.92 bits per heavy atom. The molecule has 1 heterocycles. The Hall–Kier alpha value is -2.00. The molecule has 2 aromatic carbocycles. The molecule has 0 saturated carbocycles. The molecule has 1 saturated heterocycles. The first-order valence-electron chi connectivity index (χ1n) is 9.48. The highest BCUT2D eigenvalue weighted by atomic mass is 16.5. The second-order valence-corrected chi connectivity index (χ2v) is 6.75. The Kier molecular flexibility index (Phi) is 7.19. The van der Waals surface area contributed by atoms with Crippen LogP contribution in [0.1, 0.15) is 25.7 Å². The zero-order chi connectivity index (χ0) is 17.2. The molecule has 0 N–H and O–H groups in total. The van der Waals surface area contributed by atoms with Crippen LogP contribution in [0, 0.1) is 5.92 Å². The van der Waals surface area contributed by atoms with Crippen molar-refractivity contribution < 1.29 is 9.47 Å². The highest BCUT2D eigenvalue weighted by Crippen LogP contribution is 2.21. The number of para-hydroxylation sites is 2. The third-order valence-electron chi connectivity index (χ3n) is 4.88. The molecule has 1 aliphatic rings. The fraction of sp³-hybridized carbons (Fsp3) is 0.455. The van der Waals surface area contributed by atoms with Gasteiger partial charge in [0.05, 0.1) is 13.2 Å². The Morgan fingerprint density at radius 2 is 1.32 bits per heavy atom. The molecule has 1 fully saturated rings. The number of benzene rings is 2. The summed E-state index contributed by atoms with van der Waals surface area (Å²) in [6.07, 6.45) is 4.84. The van der Waals surface area contributed by atoms with Crippen LogP contribution >= 0.6 is 0 Å². The van der Waals surface area contributed by atoms with Crippen molar-refractivity contribution in [3.05, 3.63) is 60.7 Å². The lowest BCUT2D eigenvalue weighted by molar-refractivity contribution is 0.154. The Bertz CT molecular complexity index is 579. The maximum absolute atomic E-state index is 5.83. The summed E-state index contributed by atoms with van der Waals surface area (Å²) < 4.78 is 11.6. The first kappa shape index (κ1) is 17.8. The van der Waals surface area contributed by atoms with E-state index in [4.69, 9.17) is 9.47 Å². The number of piperidine rings is 1. The van der Waals surface area contributed by atoms with E-state index in [1.807, 2.05) is 60.7 Å². The number of hydrogen-bond donors (Lipinski definition) is 0. The molecule has 0 radical (unpaired) electrons. The van der Waals surface area contributed by atoms with Crippen molar-refractivity contribution in [1.29, 1.82) is 0 Å². The molecule has 3 heteroatoms. The molecular formula is C22H29NO2. The van der Waals surface area contributed by atoms with Crippen molar-refractivity contribution in [3.8, 4) is 11.5 Å². The van der Waals surface area contributed by atoms with Gasteiger partial charge in [0.1, 0.15) is 11.5 Å². The normalized spacial score (nSPS) is 15.8. The van der Waals surface area contributed by atoms with Crippen LogP contribution in [0.25, 0.3) is 0 Å². The molecule has 3 nitrogen and oxygen atoms in total. The number of rotatable bonds is 9. The molecule has 25 heavy (non-hydrogen) atoms. The van der Waals surface area contributed by atoms with E-state index in [1.165, 1.54) is 32.4 Å². The fourth-order valence-electron chi connectivity index (χ4n) is 3.35. The van der Waals surface area contributed by atoms with Crippen LogP contribution in [-0.2, 0) is 0 Å². The number of likely N-dealkylation sites (tertiary alicyclic amines) is 1. The van der Waals surface area contributed by atoms with Crippen molar-refractivity contribution in [1.82, 2.24) is 4.90 Å². The van der Waals surface area contributed by atoms with Gasteiger partial charge in [-0.1, -0.05) is 36.4 Å². The van der Waals surface area contributed by atoms with Gasteiger partial charge in [-0.2, -0.15) is 0 Å². The molecule has 0 aromatic heterocycles. The molecule has 0 spiro atoms. The maximum atomic E-state index is 5.83. The lowest BCUT2D eigenvalue weighted by Gasteiger charge is -2.31. The quantitative estimate of drug-likeness (QED) is 0.621. The molecule has 1 aliphatic heterocycles. The number of nitrogens with zero attached hydrogens (tertiary/aromatic N) is 1. The van der Waals surface area contributed by atoms with E-state index >= 15 is 0 Å². The van der Waals surface area contributed by atoms with Crippen LogP contribution in [0.2, 0.25) is 0 Å². The number of hydrogen-bond acceptors (Lipinski definition) is 3. The van der Waals surface area contributed by atoms with Crippen LogP contribution in [-0.4, -0.2) is 37.7 Å². The van der Waals surface area contributed by atoms with Gasteiger partial charge >= 0.3 is 0 Å². The fourth-order valence-corrected chi connectivity index (χ4v) is 3.35. The highest BCUT2D eigenvalue weighted by molar-refractivity contribution is 5.21. The lowest BCUT2D eigenvalue weighted by atomic mass is 9.94. The van der Waals surface area contributed by atoms with E-state index in [-0.39, 0.29) is 0 Å². The third kappa shape index (κ3) is 6.43. The van der Waals surface area contributed by atoms with E-state index in [0.29, 0.717) is 0 Å². The third-order valence-corrected chi connectivity index (χ3v) is 4.88. The molecule has 0 aliphatic carbocycles. The predicted octanol–water partition coefficient (Wildman–Crippen LogP) is 4.64. The lowest BCUT2D eigenvalue weighted by Crippen LogP contribution is -2.35. The summed E-state index contributed by atoms with van der Waals surface area (Å²) in [5.41, 5.74) is 0. The van der Waals surface area contributed by atoms with Crippen LogP contribution in [0.5, 0.6) is 11.5 Å². The summed E-state index contributed by atoms with van der Waals surface area (Å²) >= 11 is 0.